The first-order chi connectivity index (χ1) is 12.6. The highest BCUT2D eigenvalue weighted by molar-refractivity contribution is 5.85. The SMILES string of the molecule is CCOCCOc1cc(C)ccc1CNC(=O)CCc1ccccc1N.Cl. The van der Waals surface area contributed by atoms with Gasteiger partial charge in [-0.15, -0.1) is 12.4 Å². The number of para-hydroxylation sites is 1. The van der Waals surface area contributed by atoms with E-state index in [1.54, 1.807) is 0 Å². The lowest BCUT2D eigenvalue weighted by atomic mass is 10.1. The summed E-state index contributed by atoms with van der Waals surface area (Å²) in [6.07, 6.45) is 1.03. The summed E-state index contributed by atoms with van der Waals surface area (Å²) in [6, 6.07) is 13.6. The van der Waals surface area contributed by atoms with Crippen LogP contribution in [0.25, 0.3) is 0 Å². The van der Waals surface area contributed by atoms with E-state index >= 15 is 0 Å². The normalized spacial score (nSPS) is 10.1. The van der Waals surface area contributed by atoms with Crippen LogP contribution in [0.4, 0.5) is 5.69 Å². The lowest BCUT2D eigenvalue weighted by Gasteiger charge is -2.13. The van der Waals surface area contributed by atoms with Gasteiger partial charge in [-0.25, -0.2) is 0 Å². The Morgan fingerprint density at radius 1 is 1.11 bits per heavy atom. The van der Waals surface area contributed by atoms with Gasteiger partial charge in [0, 0.05) is 30.8 Å². The maximum absolute atomic E-state index is 12.2. The molecule has 6 heteroatoms. The number of nitrogens with one attached hydrogen (secondary N) is 1. The predicted octanol–water partition coefficient (Wildman–Crippen LogP) is 3.66. The molecule has 1 amide bonds. The number of nitrogen functional groups attached to an aromatic ring is 1. The number of nitrogens with two attached hydrogens (primary N) is 1. The minimum absolute atomic E-state index is 0. The molecule has 5 nitrogen and oxygen atoms in total. The number of anilines is 1. The quantitative estimate of drug-likeness (QED) is 0.478. The fraction of sp³-hybridized carbons (Fsp3) is 0.381. The number of ether oxygens (including phenoxy) is 2. The molecular weight excluding hydrogens is 364 g/mol. The van der Waals surface area contributed by atoms with E-state index in [9.17, 15) is 4.79 Å². The van der Waals surface area contributed by atoms with Crippen molar-refractivity contribution < 1.29 is 14.3 Å². The largest absolute Gasteiger partial charge is 0.491 e. The third-order valence-corrected chi connectivity index (χ3v) is 4.06. The highest BCUT2D eigenvalue weighted by atomic mass is 35.5. The minimum Gasteiger partial charge on any atom is -0.491 e. The Labute approximate surface area is 167 Å². The van der Waals surface area contributed by atoms with Gasteiger partial charge in [0.25, 0.3) is 0 Å². The zero-order valence-corrected chi connectivity index (χ0v) is 16.8. The fourth-order valence-corrected chi connectivity index (χ4v) is 2.59. The number of carbonyl (C=O) groups is 1. The molecule has 148 valence electrons. The van der Waals surface area contributed by atoms with Gasteiger partial charge in [0.15, 0.2) is 0 Å². The highest BCUT2D eigenvalue weighted by Crippen LogP contribution is 2.20. The summed E-state index contributed by atoms with van der Waals surface area (Å²) in [5.74, 6) is 0.784. The average Bonchev–Trinajstić information content (AvgIpc) is 2.64. The molecule has 0 aliphatic rings. The van der Waals surface area contributed by atoms with Crippen molar-refractivity contribution in [3.63, 3.8) is 0 Å². The summed E-state index contributed by atoms with van der Waals surface area (Å²) in [7, 11) is 0. The van der Waals surface area contributed by atoms with E-state index < -0.39 is 0 Å². The third-order valence-electron chi connectivity index (χ3n) is 4.06. The van der Waals surface area contributed by atoms with Crippen molar-refractivity contribution in [2.75, 3.05) is 25.6 Å². The molecular formula is C21H29ClN2O3. The molecule has 0 heterocycles. The van der Waals surface area contributed by atoms with E-state index in [0.29, 0.717) is 39.2 Å². The molecule has 0 atom stereocenters. The number of amides is 1. The fourth-order valence-electron chi connectivity index (χ4n) is 2.59. The van der Waals surface area contributed by atoms with Crippen LogP contribution in [0.1, 0.15) is 30.0 Å². The molecule has 0 aliphatic heterocycles. The summed E-state index contributed by atoms with van der Waals surface area (Å²) in [4.78, 5) is 12.2. The summed E-state index contributed by atoms with van der Waals surface area (Å²) >= 11 is 0. The van der Waals surface area contributed by atoms with Gasteiger partial charge in [-0.1, -0.05) is 30.3 Å². The van der Waals surface area contributed by atoms with E-state index in [-0.39, 0.29) is 18.3 Å². The molecule has 0 aliphatic carbocycles. The Kier molecular flexibility index (Phi) is 10.3. The Balaban J connectivity index is 0.00000364. The number of aryl methyl sites for hydroxylation is 2. The van der Waals surface area contributed by atoms with Gasteiger partial charge in [0.2, 0.25) is 5.91 Å². The van der Waals surface area contributed by atoms with E-state index in [1.807, 2.05) is 56.3 Å². The van der Waals surface area contributed by atoms with Crippen molar-refractivity contribution in [1.82, 2.24) is 5.32 Å². The molecule has 2 aromatic carbocycles. The molecule has 0 saturated heterocycles. The maximum Gasteiger partial charge on any atom is 0.220 e. The molecule has 0 aromatic heterocycles. The molecule has 2 rings (SSSR count). The molecule has 0 fully saturated rings. The molecule has 0 spiro atoms. The second-order valence-electron chi connectivity index (χ2n) is 6.13. The number of carbonyl (C=O) groups excluding carboxylic acids is 1. The first-order valence-electron chi connectivity index (χ1n) is 9.00. The molecule has 2 aromatic rings. The van der Waals surface area contributed by atoms with Crippen LogP contribution in [0, 0.1) is 6.92 Å². The second-order valence-corrected chi connectivity index (χ2v) is 6.13. The second kappa shape index (κ2) is 12.2. The van der Waals surface area contributed by atoms with Gasteiger partial charge in [-0.2, -0.15) is 0 Å². The van der Waals surface area contributed by atoms with Crippen molar-refractivity contribution in [3.05, 3.63) is 59.2 Å². The summed E-state index contributed by atoms with van der Waals surface area (Å²) in [6.45, 7) is 6.12. The van der Waals surface area contributed by atoms with Crippen molar-refractivity contribution in [2.45, 2.75) is 33.2 Å². The Morgan fingerprint density at radius 3 is 2.63 bits per heavy atom. The van der Waals surface area contributed by atoms with E-state index in [4.69, 9.17) is 15.2 Å². The summed E-state index contributed by atoms with van der Waals surface area (Å²) in [5, 5.41) is 2.96. The van der Waals surface area contributed by atoms with Crippen LogP contribution in [-0.4, -0.2) is 25.7 Å². The first kappa shape index (κ1) is 22.8. The van der Waals surface area contributed by atoms with Crippen molar-refractivity contribution in [3.8, 4) is 5.75 Å². The van der Waals surface area contributed by atoms with Crippen LogP contribution in [0.5, 0.6) is 5.75 Å². The van der Waals surface area contributed by atoms with Gasteiger partial charge < -0.3 is 20.5 Å². The third kappa shape index (κ3) is 7.89. The topological polar surface area (TPSA) is 73.6 Å². The van der Waals surface area contributed by atoms with Crippen LogP contribution in [0.15, 0.2) is 42.5 Å². The highest BCUT2D eigenvalue weighted by Gasteiger charge is 2.08. The Hall–Kier alpha value is -2.24. The zero-order valence-electron chi connectivity index (χ0n) is 16.0. The lowest BCUT2D eigenvalue weighted by Crippen LogP contribution is -2.23. The number of hydrogen-bond acceptors (Lipinski definition) is 4. The van der Waals surface area contributed by atoms with Gasteiger partial charge in [-0.3, -0.25) is 4.79 Å². The van der Waals surface area contributed by atoms with Crippen molar-refractivity contribution in [1.29, 1.82) is 0 Å². The van der Waals surface area contributed by atoms with Crippen LogP contribution in [0.3, 0.4) is 0 Å². The molecule has 0 saturated carbocycles. The van der Waals surface area contributed by atoms with Crippen molar-refractivity contribution in [2.24, 2.45) is 0 Å². The van der Waals surface area contributed by atoms with Gasteiger partial charge in [-0.05, 0) is 43.5 Å². The first-order valence-corrected chi connectivity index (χ1v) is 9.00. The molecule has 0 radical (unpaired) electrons. The zero-order chi connectivity index (χ0) is 18.8. The van der Waals surface area contributed by atoms with Gasteiger partial charge >= 0.3 is 0 Å². The standard InChI is InChI=1S/C21H28N2O3.ClH/c1-3-25-12-13-26-20-14-16(2)8-9-18(20)15-23-21(24)11-10-17-6-4-5-7-19(17)22;/h4-9,14H,3,10-13,15,22H2,1-2H3,(H,23,24);1H. The number of benzene rings is 2. The molecule has 27 heavy (non-hydrogen) atoms. The van der Waals surface area contributed by atoms with Crippen molar-refractivity contribution >= 4 is 24.0 Å². The Bertz CT molecular complexity index is 722. The number of rotatable bonds is 10. The Morgan fingerprint density at radius 2 is 1.89 bits per heavy atom. The number of halogens is 1. The van der Waals surface area contributed by atoms with Crippen LogP contribution in [0.2, 0.25) is 0 Å². The summed E-state index contributed by atoms with van der Waals surface area (Å²) in [5.41, 5.74) is 9.71. The lowest BCUT2D eigenvalue weighted by molar-refractivity contribution is -0.121. The van der Waals surface area contributed by atoms with Crippen LogP contribution < -0.4 is 15.8 Å². The predicted molar refractivity (Wildman–Crippen MR) is 111 cm³/mol. The molecule has 0 bridgehead atoms. The van der Waals surface area contributed by atoms with E-state index in [0.717, 1.165) is 28.1 Å². The molecule has 3 N–H and O–H groups in total. The monoisotopic (exact) mass is 392 g/mol. The van der Waals surface area contributed by atoms with E-state index in [2.05, 4.69) is 5.32 Å². The van der Waals surface area contributed by atoms with Gasteiger partial charge in [0.05, 0.1) is 6.61 Å². The average molecular weight is 393 g/mol. The van der Waals surface area contributed by atoms with Crippen LogP contribution in [-0.2, 0) is 22.5 Å². The minimum atomic E-state index is -0.00547. The maximum atomic E-state index is 12.2. The smallest absolute Gasteiger partial charge is 0.220 e. The van der Waals surface area contributed by atoms with Crippen LogP contribution >= 0.6 is 12.4 Å². The van der Waals surface area contributed by atoms with E-state index in [1.165, 1.54) is 0 Å². The summed E-state index contributed by atoms with van der Waals surface area (Å²) < 4.78 is 11.1. The van der Waals surface area contributed by atoms with Gasteiger partial charge in [0.1, 0.15) is 12.4 Å². The molecule has 0 unspecified atom stereocenters. The number of hydrogen-bond donors (Lipinski definition) is 2.